The van der Waals surface area contributed by atoms with Crippen LogP contribution in [-0.4, -0.2) is 13.4 Å². The second-order valence-electron chi connectivity index (χ2n) is 3.86. The van der Waals surface area contributed by atoms with Gasteiger partial charge in [-0.2, -0.15) is 0 Å². The minimum atomic E-state index is -3.77. The maximum atomic E-state index is 12.2. The van der Waals surface area contributed by atoms with Gasteiger partial charge in [-0.3, -0.25) is 4.72 Å². The van der Waals surface area contributed by atoms with Crippen LogP contribution in [-0.2, 0) is 10.0 Å². The quantitative estimate of drug-likeness (QED) is 0.882. The number of rotatable bonds is 3. The van der Waals surface area contributed by atoms with E-state index in [0.717, 1.165) is 5.56 Å². The predicted molar refractivity (Wildman–Crippen MR) is 76.2 cm³/mol. The maximum absolute atomic E-state index is 12.2. The van der Waals surface area contributed by atoms with Gasteiger partial charge in [0.15, 0.2) is 0 Å². The molecule has 0 aliphatic rings. The van der Waals surface area contributed by atoms with E-state index in [1.165, 1.54) is 18.3 Å². The summed E-state index contributed by atoms with van der Waals surface area (Å²) in [7, 11) is -3.77. The fourth-order valence-corrected chi connectivity index (χ4v) is 3.32. The smallest absolute Gasteiger partial charge is 0.264 e. The zero-order chi connectivity index (χ0) is 14.0. The fraction of sp³-hybridized carbons (Fsp3) is 0.0833. The van der Waals surface area contributed by atoms with Crippen molar-refractivity contribution in [3.63, 3.8) is 0 Å². The predicted octanol–water partition coefficient (Wildman–Crippen LogP) is 3.50. The first-order chi connectivity index (χ1) is 8.90. The Kier molecular flexibility index (Phi) is 3.99. The van der Waals surface area contributed by atoms with Gasteiger partial charge in [0, 0.05) is 11.2 Å². The molecule has 19 heavy (non-hydrogen) atoms. The Hall–Kier alpha value is -1.30. The zero-order valence-electron chi connectivity index (χ0n) is 9.89. The van der Waals surface area contributed by atoms with E-state index in [1.54, 1.807) is 25.1 Å². The van der Waals surface area contributed by atoms with E-state index in [2.05, 4.69) is 9.71 Å². The summed E-state index contributed by atoms with van der Waals surface area (Å²) in [4.78, 5) is 3.68. The molecule has 0 fully saturated rings. The topological polar surface area (TPSA) is 59.1 Å². The molecule has 2 rings (SSSR count). The third-order valence-electron chi connectivity index (χ3n) is 2.45. The van der Waals surface area contributed by atoms with Crippen molar-refractivity contribution in [2.75, 3.05) is 4.72 Å². The lowest BCUT2D eigenvalue weighted by Crippen LogP contribution is -2.14. The Morgan fingerprint density at radius 2 is 1.95 bits per heavy atom. The van der Waals surface area contributed by atoms with Crippen LogP contribution in [0.1, 0.15) is 5.56 Å². The van der Waals surface area contributed by atoms with Crippen molar-refractivity contribution in [1.82, 2.24) is 4.98 Å². The van der Waals surface area contributed by atoms with Crippen LogP contribution in [0.3, 0.4) is 0 Å². The van der Waals surface area contributed by atoms with Gasteiger partial charge in [-0.05, 0) is 42.8 Å². The number of nitrogens with one attached hydrogen (secondary N) is 1. The third-order valence-corrected chi connectivity index (χ3v) is 4.49. The molecule has 0 saturated carbocycles. The van der Waals surface area contributed by atoms with Crippen LogP contribution >= 0.6 is 23.2 Å². The molecule has 0 saturated heterocycles. The number of pyridine rings is 1. The van der Waals surface area contributed by atoms with Gasteiger partial charge in [-0.25, -0.2) is 13.4 Å². The fourth-order valence-electron chi connectivity index (χ4n) is 1.51. The average molecular weight is 317 g/mol. The molecule has 0 radical (unpaired) electrons. The summed E-state index contributed by atoms with van der Waals surface area (Å²) < 4.78 is 26.8. The second-order valence-corrected chi connectivity index (χ2v) is 6.30. The standard InChI is InChI=1S/C12H10Cl2N2O2S/c1-8-7-9(13)4-5-10(8)16-19(17,18)11-3-2-6-15-12(11)14/h2-7,16H,1H3. The minimum absolute atomic E-state index is 0.0639. The highest BCUT2D eigenvalue weighted by molar-refractivity contribution is 7.92. The second kappa shape index (κ2) is 5.36. The van der Waals surface area contributed by atoms with E-state index in [-0.39, 0.29) is 10.0 Å². The summed E-state index contributed by atoms with van der Waals surface area (Å²) in [5.41, 5.74) is 1.17. The lowest BCUT2D eigenvalue weighted by molar-refractivity contribution is 0.601. The summed E-state index contributed by atoms with van der Waals surface area (Å²) in [6, 6.07) is 7.78. The van der Waals surface area contributed by atoms with Crippen molar-refractivity contribution in [3.05, 3.63) is 52.3 Å². The Morgan fingerprint density at radius 3 is 2.58 bits per heavy atom. The molecule has 0 spiro atoms. The number of benzene rings is 1. The molecule has 1 aromatic heterocycles. The average Bonchev–Trinajstić information content (AvgIpc) is 2.33. The van der Waals surface area contributed by atoms with Crippen LogP contribution in [0.25, 0.3) is 0 Å². The summed E-state index contributed by atoms with van der Waals surface area (Å²) in [6.45, 7) is 1.76. The molecule has 0 atom stereocenters. The molecule has 0 unspecified atom stereocenters. The van der Waals surface area contributed by atoms with Gasteiger partial charge in [0.1, 0.15) is 10.0 Å². The summed E-state index contributed by atoms with van der Waals surface area (Å²) >= 11 is 11.6. The minimum Gasteiger partial charge on any atom is -0.279 e. The number of nitrogens with zero attached hydrogens (tertiary/aromatic N) is 1. The lowest BCUT2D eigenvalue weighted by atomic mass is 10.2. The molecule has 100 valence electrons. The van der Waals surface area contributed by atoms with Crippen molar-refractivity contribution < 1.29 is 8.42 Å². The molecule has 4 nitrogen and oxygen atoms in total. The van der Waals surface area contributed by atoms with E-state index in [9.17, 15) is 8.42 Å². The van der Waals surface area contributed by atoms with Crippen LogP contribution in [0.2, 0.25) is 10.2 Å². The van der Waals surface area contributed by atoms with Crippen molar-refractivity contribution in [2.24, 2.45) is 0 Å². The molecular formula is C12H10Cl2N2O2S. The van der Waals surface area contributed by atoms with Crippen LogP contribution in [0.5, 0.6) is 0 Å². The monoisotopic (exact) mass is 316 g/mol. The van der Waals surface area contributed by atoms with Crippen LogP contribution in [0.4, 0.5) is 5.69 Å². The number of hydrogen-bond acceptors (Lipinski definition) is 3. The largest absolute Gasteiger partial charge is 0.279 e. The number of hydrogen-bond donors (Lipinski definition) is 1. The molecule has 1 aromatic carbocycles. The molecule has 0 aliphatic carbocycles. The number of aromatic nitrogens is 1. The van der Waals surface area contributed by atoms with Crippen molar-refractivity contribution in [2.45, 2.75) is 11.8 Å². The Morgan fingerprint density at radius 1 is 1.21 bits per heavy atom. The first kappa shape index (κ1) is 14.1. The van der Waals surface area contributed by atoms with Gasteiger partial charge in [0.05, 0.1) is 5.69 Å². The summed E-state index contributed by atoms with van der Waals surface area (Å²) in [5, 5.41) is 0.474. The Bertz CT molecular complexity index is 717. The number of halogens is 2. The van der Waals surface area contributed by atoms with Gasteiger partial charge in [0.25, 0.3) is 10.0 Å². The normalized spacial score (nSPS) is 11.3. The summed E-state index contributed by atoms with van der Waals surface area (Å²) in [6.07, 6.45) is 1.43. The molecule has 2 aromatic rings. The maximum Gasteiger partial charge on any atom is 0.264 e. The van der Waals surface area contributed by atoms with Gasteiger partial charge in [-0.1, -0.05) is 23.2 Å². The van der Waals surface area contributed by atoms with E-state index < -0.39 is 10.0 Å². The first-order valence-electron chi connectivity index (χ1n) is 5.29. The molecule has 0 bridgehead atoms. The van der Waals surface area contributed by atoms with Gasteiger partial charge >= 0.3 is 0 Å². The Balaban J connectivity index is 2.40. The molecule has 1 heterocycles. The van der Waals surface area contributed by atoms with Crippen LogP contribution < -0.4 is 4.72 Å². The van der Waals surface area contributed by atoms with Gasteiger partial charge in [-0.15, -0.1) is 0 Å². The van der Waals surface area contributed by atoms with E-state index in [0.29, 0.717) is 10.7 Å². The lowest BCUT2D eigenvalue weighted by Gasteiger charge is -2.11. The molecule has 0 amide bonds. The number of anilines is 1. The van der Waals surface area contributed by atoms with Crippen LogP contribution in [0.15, 0.2) is 41.4 Å². The highest BCUT2D eigenvalue weighted by atomic mass is 35.5. The highest BCUT2D eigenvalue weighted by Crippen LogP contribution is 2.25. The van der Waals surface area contributed by atoms with E-state index in [4.69, 9.17) is 23.2 Å². The van der Waals surface area contributed by atoms with Crippen LogP contribution in [0, 0.1) is 6.92 Å². The van der Waals surface area contributed by atoms with Crippen molar-refractivity contribution in [1.29, 1.82) is 0 Å². The third kappa shape index (κ3) is 3.18. The van der Waals surface area contributed by atoms with Crippen molar-refractivity contribution >= 4 is 38.9 Å². The summed E-state index contributed by atoms with van der Waals surface area (Å²) in [5.74, 6) is 0. The molecule has 0 aliphatic heterocycles. The zero-order valence-corrected chi connectivity index (χ0v) is 12.2. The van der Waals surface area contributed by atoms with E-state index in [1.807, 2.05) is 0 Å². The van der Waals surface area contributed by atoms with Crippen molar-refractivity contribution in [3.8, 4) is 0 Å². The van der Waals surface area contributed by atoms with Gasteiger partial charge in [0.2, 0.25) is 0 Å². The molecule has 1 N–H and O–H groups in total. The number of aryl methyl sites for hydroxylation is 1. The molecule has 7 heteroatoms. The highest BCUT2D eigenvalue weighted by Gasteiger charge is 2.19. The van der Waals surface area contributed by atoms with E-state index >= 15 is 0 Å². The number of sulfonamides is 1. The molecular weight excluding hydrogens is 307 g/mol. The Labute approximate surface area is 121 Å². The van der Waals surface area contributed by atoms with Gasteiger partial charge < -0.3 is 0 Å². The first-order valence-corrected chi connectivity index (χ1v) is 7.53. The SMILES string of the molecule is Cc1cc(Cl)ccc1NS(=O)(=O)c1cccnc1Cl.